The van der Waals surface area contributed by atoms with Crippen molar-refractivity contribution in [2.45, 2.75) is 13.8 Å². The molecule has 1 heterocycles. The highest BCUT2D eigenvalue weighted by molar-refractivity contribution is 7.80. The van der Waals surface area contributed by atoms with E-state index in [-0.39, 0.29) is 31.3 Å². The second-order valence-electron chi connectivity index (χ2n) is 6.95. The minimum atomic E-state index is -2.19. The Hall–Kier alpha value is -2.75. The molecule has 4 nitrogen and oxygen atoms in total. The van der Waals surface area contributed by atoms with Gasteiger partial charge in [0.05, 0.1) is 0 Å². The van der Waals surface area contributed by atoms with Gasteiger partial charge in [0.25, 0.3) is 5.91 Å². The number of hydrogen-bond acceptors (Lipinski definition) is 3. The van der Waals surface area contributed by atoms with Gasteiger partial charge < -0.3 is 9.80 Å². The molecule has 30 heavy (non-hydrogen) atoms. The van der Waals surface area contributed by atoms with Crippen LogP contribution in [0, 0.1) is 42.9 Å². The minimum Gasteiger partial charge on any atom is -0.363 e. The van der Waals surface area contributed by atoms with Crippen LogP contribution in [-0.4, -0.2) is 42.1 Å². The molecule has 1 aliphatic rings. The third kappa shape index (κ3) is 4.09. The molecule has 0 aromatic heterocycles. The van der Waals surface area contributed by atoms with Gasteiger partial charge in [-0.1, -0.05) is 6.07 Å². The molecule has 160 valence electrons. The van der Waals surface area contributed by atoms with Gasteiger partial charge >= 0.3 is 0 Å². The Labute approximate surface area is 175 Å². The summed E-state index contributed by atoms with van der Waals surface area (Å²) >= 11 is 5.23. The van der Waals surface area contributed by atoms with Gasteiger partial charge in [0.1, 0.15) is 5.69 Å². The summed E-state index contributed by atoms with van der Waals surface area (Å²) < 4.78 is 68.1. The minimum absolute atomic E-state index is 0.0436. The number of carbonyl (C=O) groups excluding carboxylic acids is 1. The summed E-state index contributed by atoms with van der Waals surface area (Å²) in [6, 6.07) is 5.21. The number of piperazine rings is 1. The monoisotopic (exact) mass is 443 g/mol. The maximum absolute atomic E-state index is 14.0. The zero-order chi connectivity index (χ0) is 22.2. The Morgan fingerprint density at radius 3 is 1.93 bits per heavy atom. The number of amides is 1. The van der Waals surface area contributed by atoms with Gasteiger partial charge in [0, 0.05) is 31.7 Å². The summed E-state index contributed by atoms with van der Waals surface area (Å²) in [5.41, 5.74) is 1.46. The van der Waals surface area contributed by atoms with E-state index in [4.69, 9.17) is 12.2 Å². The first kappa shape index (κ1) is 21.9. The summed E-state index contributed by atoms with van der Waals surface area (Å²) in [5, 5.41) is 2.72. The molecule has 2 aromatic rings. The van der Waals surface area contributed by atoms with Crippen LogP contribution in [0.3, 0.4) is 0 Å². The molecule has 1 fully saturated rings. The molecule has 0 saturated carbocycles. The van der Waals surface area contributed by atoms with Crippen molar-refractivity contribution in [2.75, 3.05) is 31.1 Å². The Bertz CT molecular complexity index is 993. The average molecular weight is 443 g/mol. The van der Waals surface area contributed by atoms with E-state index in [1.165, 1.54) is 0 Å². The molecule has 1 amide bonds. The highest BCUT2D eigenvalue weighted by Gasteiger charge is 2.31. The quantitative estimate of drug-likeness (QED) is 0.331. The van der Waals surface area contributed by atoms with Crippen LogP contribution in [-0.2, 0) is 0 Å². The number of rotatable bonds is 2. The molecule has 0 spiro atoms. The number of thiocarbonyl (C=S) groups is 1. The zero-order valence-electron chi connectivity index (χ0n) is 16.2. The fourth-order valence-corrected chi connectivity index (χ4v) is 3.41. The SMILES string of the molecule is Cc1ccc(C(=O)NC(=S)N2CCN(c3c(F)c(F)c(F)c(F)c3F)CC2)cc1C. The van der Waals surface area contributed by atoms with Crippen LogP contribution in [0.15, 0.2) is 18.2 Å². The molecule has 1 saturated heterocycles. The van der Waals surface area contributed by atoms with Crippen molar-refractivity contribution in [3.63, 3.8) is 0 Å². The van der Waals surface area contributed by atoms with E-state index in [1.54, 1.807) is 17.0 Å². The highest BCUT2D eigenvalue weighted by Crippen LogP contribution is 2.30. The van der Waals surface area contributed by atoms with Gasteiger partial charge in [-0.3, -0.25) is 10.1 Å². The maximum Gasteiger partial charge on any atom is 0.257 e. The first-order valence-electron chi connectivity index (χ1n) is 9.05. The van der Waals surface area contributed by atoms with Gasteiger partial charge in [0.2, 0.25) is 5.82 Å². The van der Waals surface area contributed by atoms with Crippen molar-refractivity contribution in [2.24, 2.45) is 0 Å². The highest BCUT2D eigenvalue weighted by atomic mass is 32.1. The van der Waals surface area contributed by atoms with E-state index in [1.807, 2.05) is 19.9 Å². The molecule has 0 radical (unpaired) electrons. The third-order valence-corrected chi connectivity index (χ3v) is 5.42. The molecule has 0 aliphatic carbocycles. The zero-order valence-corrected chi connectivity index (χ0v) is 17.0. The molecule has 2 aromatic carbocycles. The summed E-state index contributed by atoms with van der Waals surface area (Å²) in [6.07, 6.45) is 0. The van der Waals surface area contributed by atoms with Crippen LogP contribution < -0.4 is 10.2 Å². The molecule has 0 unspecified atom stereocenters. The number of aryl methyl sites for hydroxylation is 2. The van der Waals surface area contributed by atoms with Crippen molar-refractivity contribution < 1.29 is 26.7 Å². The predicted octanol–water partition coefficient (Wildman–Crippen LogP) is 3.84. The number of benzene rings is 2. The second kappa shape index (κ2) is 8.55. The van der Waals surface area contributed by atoms with Gasteiger partial charge in [-0.2, -0.15) is 0 Å². The van der Waals surface area contributed by atoms with E-state index < -0.39 is 40.7 Å². The molecular weight excluding hydrogens is 425 g/mol. The van der Waals surface area contributed by atoms with Crippen molar-refractivity contribution in [1.29, 1.82) is 0 Å². The molecule has 0 atom stereocenters. The Morgan fingerprint density at radius 1 is 0.867 bits per heavy atom. The lowest BCUT2D eigenvalue weighted by Crippen LogP contribution is -2.53. The van der Waals surface area contributed by atoms with E-state index in [0.29, 0.717) is 5.56 Å². The number of anilines is 1. The predicted molar refractivity (Wildman–Crippen MR) is 106 cm³/mol. The lowest BCUT2D eigenvalue weighted by molar-refractivity contribution is 0.0973. The molecule has 3 rings (SSSR count). The standard InChI is InChI=1S/C20H18F5N3OS/c1-10-3-4-12(9-11(10)2)19(29)26-20(30)28-7-5-27(6-8-28)18-16(24)14(22)13(21)15(23)17(18)25/h3-4,9H,5-8H2,1-2H3,(H,26,29,30). The fraction of sp³-hybridized carbons (Fsp3) is 0.300. The van der Waals surface area contributed by atoms with Crippen LogP contribution in [0.2, 0.25) is 0 Å². The summed E-state index contributed by atoms with van der Waals surface area (Å²) in [7, 11) is 0. The number of nitrogens with one attached hydrogen (secondary N) is 1. The Balaban J connectivity index is 1.66. The number of halogens is 5. The van der Waals surface area contributed by atoms with Crippen LogP contribution in [0.1, 0.15) is 21.5 Å². The average Bonchev–Trinajstić information content (AvgIpc) is 2.73. The molecule has 1 aliphatic heterocycles. The van der Waals surface area contributed by atoms with Crippen molar-refractivity contribution in [3.8, 4) is 0 Å². The van der Waals surface area contributed by atoms with Gasteiger partial charge in [0.15, 0.2) is 28.4 Å². The van der Waals surface area contributed by atoms with E-state index >= 15 is 0 Å². The van der Waals surface area contributed by atoms with Crippen molar-refractivity contribution >= 4 is 28.9 Å². The smallest absolute Gasteiger partial charge is 0.257 e. The Morgan fingerprint density at radius 2 is 1.40 bits per heavy atom. The van der Waals surface area contributed by atoms with Crippen molar-refractivity contribution in [1.82, 2.24) is 10.2 Å². The van der Waals surface area contributed by atoms with Gasteiger partial charge in [-0.05, 0) is 49.3 Å². The van der Waals surface area contributed by atoms with E-state index in [9.17, 15) is 26.7 Å². The van der Waals surface area contributed by atoms with E-state index in [2.05, 4.69) is 5.32 Å². The van der Waals surface area contributed by atoms with Crippen LogP contribution in [0.4, 0.5) is 27.6 Å². The molecule has 1 N–H and O–H groups in total. The van der Waals surface area contributed by atoms with Crippen LogP contribution in [0.5, 0.6) is 0 Å². The lowest BCUT2D eigenvalue weighted by Gasteiger charge is -2.37. The first-order chi connectivity index (χ1) is 14.1. The Kier molecular flexibility index (Phi) is 6.25. The summed E-state index contributed by atoms with van der Waals surface area (Å²) in [6.45, 7) is 3.97. The normalized spacial score (nSPS) is 14.1. The van der Waals surface area contributed by atoms with Crippen LogP contribution in [0.25, 0.3) is 0 Å². The largest absolute Gasteiger partial charge is 0.363 e. The number of carbonyl (C=O) groups is 1. The van der Waals surface area contributed by atoms with Crippen LogP contribution >= 0.6 is 12.2 Å². The topological polar surface area (TPSA) is 35.6 Å². The maximum atomic E-state index is 14.0. The van der Waals surface area contributed by atoms with Gasteiger partial charge in [-0.25, -0.2) is 22.0 Å². The number of hydrogen-bond donors (Lipinski definition) is 1. The first-order valence-corrected chi connectivity index (χ1v) is 9.46. The van der Waals surface area contributed by atoms with Gasteiger partial charge in [-0.15, -0.1) is 0 Å². The number of nitrogens with zero attached hydrogens (tertiary/aromatic N) is 2. The third-order valence-electron chi connectivity index (χ3n) is 5.06. The molecule has 0 bridgehead atoms. The summed E-state index contributed by atoms with van der Waals surface area (Å²) in [5.74, 6) is -10.3. The summed E-state index contributed by atoms with van der Waals surface area (Å²) in [4.78, 5) is 15.1. The second-order valence-corrected chi connectivity index (χ2v) is 7.34. The fourth-order valence-electron chi connectivity index (χ4n) is 3.14. The van der Waals surface area contributed by atoms with Crippen molar-refractivity contribution in [3.05, 3.63) is 64.0 Å². The molecule has 10 heteroatoms. The molecular formula is C20H18F5N3OS. The lowest BCUT2D eigenvalue weighted by atomic mass is 10.1. The van der Waals surface area contributed by atoms with E-state index in [0.717, 1.165) is 16.0 Å².